The van der Waals surface area contributed by atoms with Crippen molar-refractivity contribution in [1.82, 2.24) is 0 Å². The Hall–Kier alpha value is 0.0649. The molecule has 0 fully saturated rings. The van der Waals surface area contributed by atoms with Crippen molar-refractivity contribution in [2.24, 2.45) is 0 Å². The van der Waals surface area contributed by atoms with Crippen molar-refractivity contribution in [2.45, 2.75) is 64.6 Å². The third kappa shape index (κ3) is 6.46. The van der Waals surface area contributed by atoms with E-state index in [9.17, 15) is 0 Å². The largest absolute Gasteiger partial charge is 0.109 e. The normalized spacial score (nSPS) is 16.3. The molecule has 0 aliphatic heterocycles. The molecule has 66 valence electrons. The summed E-state index contributed by atoms with van der Waals surface area (Å²) in [4.78, 5) is 0. The van der Waals surface area contributed by atoms with Crippen LogP contribution in [0, 0.1) is 0 Å². The van der Waals surface area contributed by atoms with Gasteiger partial charge >= 0.3 is 0 Å². The molecule has 0 amide bonds. The maximum Gasteiger partial charge on any atom is 0.109 e. The van der Waals surface area contributed by atoms with E-state index in [4.69, 9.17) is 0 Å². The van der Waals surface area contributed by atoms with Crippen LogP contribution in [0.3, 0.4) is 0 Å². The average Bonchev–Trinajstić information content (AvgIpc) is 1.87. The van der Waals surface area contributed by atoms with Crippen LogP contribution < -0.4 is 0 Å². The van der Waals surface area contributed by atoms with E-state index in [1.54, 1.807) is 0 Å². The van der Waals surface area contributed by atoms with Gasteiger partial charge in [0.15, 0.2) is 0 Å². The standard InChI is InChI=1S/C10H23B/c1-4-6-7-9-10(3,11)8-5-2/h4-9,11H2,1-3H3. The summed E-state index contributed by atoms with van der Waals surface area (Å²) in [6.07, 6.45) is 8.31. The van der Waals surface area contributed by atoms with Crippen LogP contribution in [0.2, 0.25) is 5.31 Å². The van der Waals surface area contributed by atoms with Crippen LogP contribution in [0.5, 0.6) is 0 Å². The molecule has 0 radical (unpaired) electrons. The molecule has 0 aromatic carbocycles. The van der Waals surface area contributed by atoms with Crippen molar-refractivity contribution < 1.29 is 0 Å². The number of hydrogen-bond acceptors (Lipinski definition) is 0. The molecule has 0 aromatic heterocycles. The molecule has 0 saturated carbocycles. The van der Waals surface area contributed by atoms with Gasteiger partial charge in [0.2, 0.25) is 0 Å². The van der Waals surface area contributed by atoms with Crippen molar-refractivity contribution in [1.29, 1.82) is 0 Å². The lowest BCUT2D eigenvalue weighted by Crippen LogP contribution is -2.07. The number of unbranched alkanes of at least 4 members (excludes halogenated alkanes) is 2. The second kappa shape index (κ2) is 5.68. The van der Waals surface area contributed by atoms with Gasteiger partial charge in [0.25, 0.3) is 0 Å². The minimum Gasteiger partial charge on any atom is -0.0669 e. The molecule has 1 heteroatoms. The third-order valence-corrected chi connectivity index (χ3v) is 2.38. The van der Waals surface area contributed by atoms with E-state index in [-0.39, 0.29) is 0 Å². The topological polar surface area (TPSA) is 0 Å². The lowest BCUT2D eigenvalue weighted by molar-refractivity contribution is 0.481. The summed E-state index contributed by atoms with van der Waals surface area (Å²) in [5.41, 5.74) is 0. The van der Waals surface area contributed by atoms with Crippen molar-refractivity contribution in [3.63, 3.8) is 0 Å². The fraction of sp³-hybridized carbons (Fsp3) is 1.00. The molecular formula is C10H23B. The van der Waals surface area contributed by atoms with Crippen molar-refractivity contribution in [3.8, 4) is 0 Å². The maximum atomic E-state index is 2.40. The van der Waals surface area contributed by atoms with Crippen LogP contribution >= 0.6 is 0 Å². The molecule has 11 heavy (non-hydrogen) atoms. The van der Waals surface area contributed by atoms with Crippen LogP contribution in [-0.2, 0) is 0 Å². The van der Waals surface area contributed by atoms with Crippen molar-refractivity contribution in [2.75, 3.05) is 0 Å². The molecule has 0 aliphatic rings. The predicted octanol–water partition coefficient (Wildman–Crippen LogP) is 3.18. The highest BCUT2D eigenvalue weighted by atomic mass is 14.1. The molecular weight excluding hydrogens is 131 g/mol. The first-order valence-corrected chi connectivity index (χ1v) is 5.12. The van der Waals surface area contributed by atoms with Crippen LogP contribution in [-0.4, -0.2) is 7.85 Å². The van der Waals surface area contributed by atoms with E-state index in [1.165, 1.54) is 38.5 Å². The SMILES string of the molecule is BC(C)(CCC)CCCCC. The summed E-state index contributed by atoms with van der Waals surface area (Å²) >= 11 is 0. The van der Waals surface area contributed by atoms with Crippen molar-refractivity contribution >= 4 is 7.85 Å². The van der Waals surface area contributed by atoms with E-state index in [2.05, 4.69) is 28.6 Å². The number of hydrogen-bond donors (Lipinski definition) is 0. The lowest BCUT2D eigenvalue weighted by Gasteiger charge is -2.23. The Morgan fingerprint density at radius 3 is 2.09 bits per heavy atom. The van der Waals surface area contributed by atoms with Crippen LogP contribution in [0.1, 0.15) is 59.3 Å². The zero-order valence-electron chi connectivity index (χ0n) is 8.74. The molecule has 0 bridgehead atoms. The molecule has 1 unspecified atom stereocenters. The average molecular weight is 154 g/mol. The highest BCUT2D eigenvalue weighted by Gasteiger charge is 2.15. The van der Waals surface area contributed by atoms with Gasteiger partial charge < -0.3 is 0 Å². The first-order valence-electron chi connectivity index (χ1n) is 5.12. The highest BCUT2D eigenvalue weighted by molar-refractivity contribution is 6.14. The Kier molecular flexibility index (Phi) is 5.72. The summed E-state index contributed by atoms with van der Waals surface area (Å²) < 4.78 is 0. The molecule has 0 heterocycles. The maximum absolute atomic E-state index is 2.40. The zero-order valence-corrected chi connectivity index (χ0v) is 8.74. The summed E-state index contributed by atoms with van der Waals surface area (Å²) in [5.74, 6) is 0. The predicted molar refractivity (Wildman–Crippen MR) is 56.0 cm³/mol. The minimum atomic E-state index is 0.601. The van der Waals surface area contributed by atoms with E-state index >= 15 is 0 Å². The zero-order chi connectivity index (χ0) is 8.74. The van der Waals surface area contributed by atoms with Gasteiger partial charge in [0.05, 0.1) is 0 Å². The van der Waals surface area contributed by atoms with Gasteiger partial charge in [-0.15, -0.1) is 0 Å². The van der Waals surface area contributed by atoms with Gasteiger partial charge in [-0.3, -0.25) is 0 Å². The van der Waals surface area contributed by atoms with E-state index in [0.717, 1.165) is 0 Å². The van der Waals surface area contributed by atoms with Crippen molar-refractivity contribution in [3.05, 3.63) is 0 Å². The Balaban J connectivity index is 3.38. The minimum absolute atomic E-state index is 0.601. The fourth-order valence-electron chi connectivity index (χ4n) is 1.66. The van der Waals surface area contributed by atoms with Crippen LogP contribution in [0.4, 0.5) is 0 Å². The summed E-state index contributed by atoms with van der Waals surface area (Å²) in [6, 6.07) is 0. The van der Waals surface area contributed by atoms with Gasteiger partial charge in [-0.2, -0.15) is 0 Å². The smallest absolute Gasteiger partial charge is 0.0669 e. The molecule has 0 aliphatic carbocycles. The van der Waals surface area contributed by atoms with Gasteiger partial charge in [-0.05, 0) is 0 Å². The Labute approximate surface area is 73.2 Å². The monoisotopic (exact) mass is 154 g/mol. The molecule has 1 atom stereocenters. The van der Waals surface area contributed by atoms with Crippen LogP contribution in [0.25, 0.3) is 0 Å². The number of rotatable bonds is 6. The first kappa shape index (κ1) is 11.1. The first-order chi connectivity index (χ1) is 5.12. The van der Waals surface area contributed by atoms with Gasteiger partial charge in [0, 0.05) is 0 Å². The summed E-state index contributed by atoms with van der Waals surface area (Å²) in [5, 5.41) is 0.601. The van der Waals surface area contributed by atoms with Gasteiger partial charge in [-0.1, -0.05) is 64.6 Å². The fourth-order valence-corrected chi connectivity index (χ4v) is 1.66. The molecule has 0 rings (SSSR count). The van der Waals surface area contributed by atoms with E-state index in [0.29, 0.717) is 5.31 Å². The van der Waals surface area contributed by atoms with Gasteiger partial charge in [0.1, 0.15) is 7.85 Å². The summed E-state index contributed by atoms with van der Waals surface area (Å²) in [6.45, 7) is 6.94. The Morgan fingerprint density at radius 2 is 1.64 bits per heavy atom. The lowest BCUT2D eigenvalue weighted by atomic mass is 9.65. The second-order valence-corrected chi connectivity index (χ2v) is 4.37. The van der Waals surface area contributed by atoms with E-state index in [1.807, 2.05) is 0 Å². The third-order valence-electron chi connectivity index (χ3n) is 2.38. The Morgan fingerprint density at radius 1 is 1.00 bits per heavy atom. The van der Waals surface area contributed by atoms with Gasteiger partial charge in [-0.25, -0.2) is 0 Å². The van der Waals surface area contributed by atoms with Crippen LogP contribution in [0.15, 0.2) is 0 Å². The highest BCUT2D eigenvalue weighted by Crippen LogP contribution is 2.33. The molecule has 0 spiro atoms. The van der Waals surface area contributed by atoms with E-state index < -0.39 is 0 Å². The Bertz CT molecular complexity index is 86.9. The quantitative estimate of drug-likeness (QED) is 0.407. The molecule has 0 N–H and O–H groups in total. The summed E-state index contributed by atoms with van der Waals surface area (Å²) in [7, 11) is 2.40. The molecule has 0 aromatic rings. The molecule has 0 saturated heterocycles. The molecule has 0 nitrogen and oxygen atoms in total. The second-order valence-electron chi connectivity index (χ2n) is 4.37.